The molecule has 0 aliphatic carbocycles. The second-order valence-corrected chi connectivity index (χ2v) is 8.82. The molecule has 1 saturated heterocycles. The number of fused-ring (bicyclic) bond motifs is 4. The summed E-state index contributed by atoms with van der Waals surface area (Å²) in [5.74, 6) is 0.765. The highest BCUT2D eigenvalue weighted by atomic mass is 35.5. The second kappa shape index (κ2) is 9.61. The van der Waals surface area contributed by atoms with Crippen LogP contribution >= 0.6 is 11.6 Å². The van der Waals surface area contributed by atoms with Crippen LogP contribution < -0.4 is 19.9 Å². The lowest BCUT2D eigenvalue weighted by Crippen LogP contribution is -2.48. The Hall–Kier alpha value is -3.54. The third-order valence-electron chi connectivity index (χ3n) is 5.91. The number of halogens is 1. The molecule has 3 aromatic heterocycles. The zero-order chi connectivity index (χ0) is 24.5. The van der Waals surface area contributed by atoms with Gasteiger partial charge in [-0.1, -0.05) is 11.6 Å². The first kappa shape index (κ1) is 23.2. The van der Waals surface area contributed by atoms with Gasteiger partial charge in [0.25, 0.3) is 0 Å². The molecule has 182 valence electrons. The van der Waals surface area contributed by atoms with E-state index in [9.17, 15) is 9.90 Å². The van der Waals surface area contributed by atoms with E-state index in [4.69, 9.17) is 26.4 Å². The van der Waals surface area contributed by atoms with E-state index in [1.54, 1.807) is 17.2 Å². The number of aryl methyl sites for hydroxylation is 1. The summed E-state index contributed by atoms with van der Waals surface area (Å²) in [4.78, 5) is 34.5. The molecule has 0 aromatic carbocycles. The van der Waals surface area contributed by atoms with Crippen molar-refractivity contribution in [3.8, 4) is 17.3 Å². The minimum absolute atomic E-state index is 0.0263. The van der Waals surface area contributed by atoms with Crippen molar-refractivity contribution in [1.29, 1.82) is 0 Å². The first-order chi connectivity index (χ1) is 16.9. The first-order valence-corrected chi connectivity index (χ1v) is 11.5. The van der Waals surface area contributed by atoms with Crippen molar-refractivity contribution < 1.29 is 19.7 Å². The smallest absolute Gasteiger partial charge is 0.329 e. The van der Waals surface area contributed by atoms with Gasteiger partial charge in [-0.05, 0) is 37.6 Å². The van der Waals surface area contributed by atoms with Crippen LogP contribution in [0.1, 0.15) is 12.1 Å². The Morgan fingerprint density at radius 3 is 2.91 bits per heavy atom. The van der Waals surface area contributed by atoms with E-state index in [1.165, 1.54) is 6.20 Å². The highest BCUT2D eigenvalue weighted by molar-refractivity contribution is 6.33. The van der Waals surface area contributed by atoms with Crippen LogP contribution in [0.3, 0.4) is 0 Å². The van der Waals surface area contributed by atoms with Crippen molar-refractivity contribution in [3.05, 3.63) is 47.4 Å². The minimum Gasteiger partial charge on any atom is -0.461 e. The maximum atomic E-state index is 13.5. The van der Waals surface area contributed by atoms with Gasteiger partial charge in [-0.2, -0.15) is 4.98 Å². The molecule has 0 unspecified atom stereocenters. The number of amides is 2. The zero-order valence-electron chi connectivity index (χ0n) is 18.9. The number of nitrogens with zero attached hydrogens (tertiary/aromatic N) is 6. The van der Waals surface area contributed by atoms with E-state index < -0.39 is 12.7 Å². The fraction of sp³-hybridized carbons (Fsp3) is 0.348. The molecular formula is C23H24ClN7O4. The topological polar surface area (TPSA) is 137 Å². The maximum Gasteiger partial charge on any atom is 0.329 e. The number of pyridine rings is 2. The lowest BCUT2D eigenvalue weighted by Gasteiger charge is -2.36. The molecule has 0 radical (unpaired) electrons. The van der Waals surface area contributed by atoms with Crippen LogP contribution in [0.4, 0.5) is 22.1 Å². The molecule has 2 atom stereocenters. The molecule has 2 aliphatic heterocycles. The van der Waals surface area contributed by atoms with Gasteiger partial charge in [-0.15, -0.1) is 0 Å². The fourth-order valence-corrected chi connectivity index (χ4v) is 4.51. The summed E-state index contributed by atoms with van der Waals surface area (Å²) in [7, 11) is 0. The quantitative estimate of drug-likeness (QED) is 0.468. The van der Waals surface area contributed by atoms with Crippen molar-refractivity contribution in [3.63, 3.8) is 0 Å². The van der Waals surface area contributed by atoms with E-state index in [0.717, 1.165) is 29.9 Å². The molecule has 35 heavy (non-hydrogen) atoms. The Labute approximate surface area is 206 Å². The summed E-state index contributed by atoms with van der Waals surface area (Å²) in [5.41, 5.74) is 3.04. The normalized spacial score (nSPS) is 17.2. The molecule has 1 fully saturated rings. The van der Waals surface area contributed by atoms with Gasteiger partial charge < -0.3 is 19.8 Å². The Bertz CT molecular complexity index is 1260. The van der Waals surface area contributed by atoms with Crippen LogP contribution in [0.25, 0.3) is 11.3 Å². The number of hydrogen-bond acceptors (Lipinski definition) is 9. The number of rotatable bonds is 6. The van der Waals surface area contributed by atoms with E-state index in [2.05, 4.69) is 25.2 Å². The average Bonchev–Trinajstić information content (AvgIpc) is 3.27. The average molecular weight is 498 g/mol. The van der Waals surface area contributed by atoms with Crippen molar-refractivity contribution >= 4 is 35.0 Å². The number of aliphatic hydroxyl groups excluding tert-OH is 2. The van der Waals surface area contributed by atoms with Gasteiger partial charge >= 0.3 is 12.0 Å². The lowest BCUT2D eigenvalue weighted by atomic mass is 10.1. The van der Waals surface area contributed by atoms with Crippen LogP contribution in [-0.4, -0.2) is 74.6 Å². The van der Waals surface area contributed by atoms with Crippen molar-refractivity contribution in [1.82, 2.24) is 19.9 Å². The van der Waals surface area contributed by atoms with Gasteiger partial charge in [-0.3, -0.25) is 15.2 Å². The van der Waals surface area contributed by atoms with Crippen molar-refractivity contribution in [2.24, 2.45) is 0 Å². The Morgan fingerprint density at radius 1 is 1.29 bits per heavy atom. The van der Waals surface area contributed by atoms with Crippen molar-refractivity contribution in [2.45, 2.75) is 25.5 Å². The number of carbonyl (C=O) groups is 1. The van der Waals surface area contributed by atoms with Crippen LogP contribution in [0, 0.1) is 6.92 Å². The molecule has 3 N–H and O–H groups in total. The summed E-state index contributed by atoms with van der Waals surface area (Å²) in [6, 6.07) is 6.68. The summed E-state index contributed by atoms with van der Waals surface area (Å²) in [6.07, 6.45) is 2.88. The summed E-state index contributed by atoms with van der Waals surface area (Å²) < 4.78 is 5.28. The van der Waals surface area contributed by atoms with Gasteiger partial charge in [0, 0.05) is 36.7 Å². The molecule has 0 saturated carbocycles. The van der Waals surface area contributed by atoms with Gasteiger partial charge in [-0.25, -0.2) is 14.8 Å². The third kappa shape index (κ3) is 4.70. The summed E-state index contributed by atoms with van der Waals surface area (Å²) >= 11 is 6.63. The number of aliphatic hydroxyl groups is 2. The number of hydrogen-bond donors (Lipinski definition) is 3. The van der Waals surface area contributed by atoms with Gasteiger partial charge in [0.1, 0.15) is 18.5 Å². The molecule has 0 spiro atoms. The summed E-state index contributed by atoms with van der Waals surface area (Å²) in [5, 5.41) is 21.7. The molecule has 5 rings (SSSR count). The Morgan fingerprint density at radius 2 is 2.11 bits per heavy atom. The van der Waals surface area contributed by atoms with Gasteiger partial charge in [0.15, 0.2) is 5.82 Å². The number of anilines is 3. The molecule has 11 nitrogen and oxygen atoms in total. The highest BCUT2D eigenvalue weighted by Crippen LogP contribution is 2.43. The molecule has 2 amide bonds. The third-order valence-corrected chi connectivity index (χ3v) is 6.19. The van der Waals surface area contributed by atoms with Crippen LogP contribution in [0.2, 0.25) is 5.02 Å². The van der Waals surface area contributed by atoms with Gasteiger partial charge in [0.2, 0.25) is 0 Å². The molecule has 2 aliphatic rings. The zero-order valence-corrected chi connectivity index (χ0v) is 19.7. The molecule has 2 bridgehead atoms. The van der Waals surface area contributed by atoms with Crippen LogP contribution in [-0.2, 0) is 0 Å². The van der Waals surface area contributed by atoms with Gasteiger partial charge in [0.05, 0.1) is 29.1 Å². The fourth-order valence-electron chi connectivity index (χ4n) is 4.25. The standard InChI is InChI=1S/C23H24ClN7O4/c1-13-8-14(2-5-25-13)20-17(24)9-18-21(29-20)31(15-4-7-30(18)10-15)23(34)28-19-3-6-26-22(27-19)35-12-16(33)11-32/h2-3,5-6,8-9,15-16,32-33H,4,7,10-12H2,1H3,(H,26,27,28,34)/t15-,16-/m0/s1. The number of ether oxygens (including phenoxy) is 1. The Kier molecular flexibility index (Phi) is 6.37. The lowest BCUT2D eigenvalue weighted by molar-refractivity contribution is 0.0505. The second-order valence-electron chi connectivity index (χ2n) is 8.41. The number of carbonyl (C=O) groups excluding carboxylic acids is 1. The monoisotopic (exact) mass is 497 g/mol. The minimum atomic E-state index is -1.05. The van der Waals surface area contributed by atoms with E-state index in [1.807, 2.05) is 25.1 Å². The Balaban J connectivity index is 1.44. The van der Waals surface area contributed by atoms with Crippen LogP contribution in [0.5, 0.6) is 6.01 Å². The molecule has 12 heteroatoms. The van der Waals surface area contributed by atoms with Crippen molar-refractivity contribution in [2.75, 3.05) is 41.4 Å². The predicted molar refractivity (Wildman–Crippen MR) is 130 cm³/mol. The first-order valence-electron chi connectivity index (χ1n) is 11.2. The largest absolute Gasteiger partial charge is 0.461 e. The number of aromatic nitrogens is 4. The summed E-state index contributed by atoms with van der Waals surface area (Å²) in [6.45, 7) is 2.76. The maximum absolute atomic E-state index is 13.5. The van der Waals surface area contributed by atoms with Crippen LogP contribution in [0.15, 0.2) is 36.7 Å². The highest BCUT2D eigenvalue weighted by Gasteiger charge is 2.41. The molecule has 5 heterocycles. The number of urea groups is 1. The molecule has 3 aromatic rings. The predicted octanol–water partition coefficient (Wildman–Crippen LogP) is 2.26. The van der Waals surface area contributed by atoms with E-state index in [-0.39, 0.29) is 30.5 Å². The number of nitrogens with one attached hydrogen (secondary N) is 1. The van der Waals surface area contributed by atoms with E-state index in [0.29, 0.717) is 23.1 Å². The SMILES string of the molecule is Cc1cc(-c2nc3c(cc2Cl)N2CC[C@@H](C2)N3C(=O)Nc2ccnc(OC[C@@H](O)CO)n2)ccn1. The van der Waals surface area contributed by atoms with E-state index >= 15 is 0 Å². The molecular weight excluding hydrogens is 474 g/mol.